The molecule has 0 spiro atoms. The first kappa shape index (κ1) is 12.4. The zero-order valence-electron chi connectivity index (χ0n) is 9.08. The molecule has 0 bridgehead atoms. The van der Waals surface area contributed by atoms with Crippen LogP contribution in [0.4, 0.5) is 4.39 Å². The standard InChI is InChI=1S/C10H13FN2O3/c1-6-8(3-7(4-11)5-14)13(2)10(16)12-9(6)15/h3,14H,4-5H2,1-2H3,(H,12,15,16). The number of aliphatic hydroxyl groups excluding tert-OH is 1. The van der Waals surface area contributed by atoms with E-state index in [9.17, 15) is 14.0 Å². The Morgan fingerprint density at radius 1 is 1.56 bits per heavy atom. The molecule has 0 aliphatic heterocycles. The van der Waals surface area contributed by atoms with Gasteiger partial charge in [0.15, 0.2) is 0 Å². The van der Waals surface area contributed by atoms with Crippen LogP contribution >= 0.6 is 0 Å². The van der Waals surface area contributed by atoms with E-state index in [1.165, 1.54) is 24.6 Å². The van der Waals surface area contributed by atoms with Crippen LogP contribution in [0.2, 0.25) is 0 Å². The minimum Gasteiger partial charge on any atom is -0.392 e. The lowest BCUT2D eigenvalue weighted by Crippen LogP contribution is -2.31. The minimum absolute atomic E-state index is 0.115. The largest absolute Gasteiger partial charge is 0.392 e. The van der Waals surface area contributed by atoms with Gasteiger partial charge in [-0.15, -0.1) is 0 Å². The van der Waals surface area contributed by atoms with Gasteiger partial charge in [0.1, 0.15) is 6.67 Å². The molecular weight excluding hydrogens is 215 g/mol. The molecule has 0 fully saturated rings. The van der Waals surface area contributed by atoms with E-state index >= 15 is 0 Å². The van der Waals surface area contributed by atoms with Gasteiger partial charge in [-0.25, -0.2) is 9.18 Å². The zero-order chi connectivity index (χ0) is 12.3. The third-order valence-corrected chi connectivity index (χ3v) is 2.33. The molecule has 1 heterocycles. The van der Waals surface area contributed by atoms with Crippen molar-refractivity contribution in [2.24, 2.45) is 7.05 Å². The summed E-state index contributed by atoms with van der Waals surface area (Å²) in [6.45, 7) is 0.255. The summed E-state index contributed by atoms with van der Waals surface area (Å²) < 4.78 is 13.6. The summed E-state index contributed by atoms with van der Waals surface area (Å²) in [4.78, 5) is 24.7. The van der Waals surface area contributed by atoms with Gasteiger partial charge in [0.2, 0.25) is 0 Å². The predicted molar refractivity (Wildman–Crippen MR) is 58.1 cm³/mol. The molecule has 16 heavy (non-hydrogen) atoms. The second kappa shape index (κ2) is 4.89. The molecule has 0 aliphatic carbocycles. The number of nitrogens with zero attached hydrogens (tertiary/aromatic N) is 1. The molecule has 0 saturated heterocycles. The fourth-order valence-electron chi connectivity index (χ4n) is 1.28. The van der Waals surface area contributed by atoms with Crippen LogP contribution in [0.25, 0.3) is 6.08 Å². The fourth-order valence-corrected chi connectivity index (χ4v) is 1.28. The highest BCUT2D eigenvalue weighted by Crippen LogP contribution is 2.06. The molecule has 88 valence electrons. The summed E-state index contributed by atoms with van der Waals surface area (Å²) in [5, 5.41) is 8.83. The summed E-state index contributed by atoms with van der Waals surface area (Å²) in [5.41, 5.74) is -0.357. The average molecular weight is 228 g/mol. The molecule has 0 unspecified atom stereocenters. The Bertz CT molecular complexity index is 488. The van der Waals surface area contributed by atoms with Crippen LogP contribution < -0.4 is 11.2 Å². The quantitative estimate of drug-likeness (QED) is 0.747. The first-order valence-electron chi connectivity index (χ1n) is 4.67. The molecule has 6 heteroatoms. The average Bonchev–Trinajstić information content (AvgIpc) is 2.27. The van der Waals surface area contributed by atoms with Crippen LogP contribution in [0, 0.1) is 6.92 Å². The highest BCUT2D eigenvalue weighted by Gasteiger charge is 2.07. The van der Waals surface area contributed by atoms with Crippen molar-refractivity contribution in [3.63, 3.8) is 0 Å². The smallest absolute Gasteiger partial charge is 0.328 e. The maximum Gasteiger partial charge on any atom is 0.328 e. The number of aromatic nitrogens is 2. The van der Waals surface area contributed by atoms with Crippen LogP contribution in [0.3, 0.4) is 0 Å². The molecule has 5 nitrogen and oxygen atoms in total. The number of hydrogen-bond donors (Lipinski definition) is 2. The molecule has 0 aromatic carbocycles. The number of alkyl halides is 1. The van der Waals surface area contributed by atoms with E-state index in [4.69, 9.17) is 5.11 Å². The molecule has 2 N–H and O–H groups in total. The van der Waals surface area contributed by atoms with Crippen molar-refractivity contribution < 1.29 is 9.50 Å². The van der Waals surface area contributed by atoms with Crippen molar-refractivity contribution in [1.82, 2.24) is 9.55 Å². The van der Waals surface area contributed by atoms with E-state index in [-0.39, 0.29) is 5.57 Å². The second-order valence-corrected chi connectivity index (χ2v) is 3.42. The van der Waals surface area contributed by atoms with Crippen LogP contribution in [0.15, 0.2) is 15.2 Å². The number of hydrogen-bond acceptors (Lipinski definition) is 3. The topological polar surface area (TPSA) is 75.1 Å². The van der Waals surface area contributed by atoms with E-state index < -0.39 is 24.5 Å². The third-order valence-electron chi connectivity index (χ3n) is 2.33. The Morgan fingerprint density at radius 2 is 2.19 bits per heavy atom. The summed E-state index contributed by atoms with van der Waals surface area (Å²) >= 11 is 0. The number of H-pyrrole nitrogens is 1. The number of nitrogens with one attached hydrogen (secondary N) is 1. The lowest BCUT2D eigenvalue weighted by Gasteiger charge is -2.07. The van der Waals surface area contributed by atoms with Crippen molar-refractivity contribution in [1.29, 1.82) is 0 Å². The highest BCUT2D eigenvalue weighted by atomic mass is 19.1. The van der Waals surface area contributed by atoms with E-state index in [0.717, 1.165) is 0 Å². The molecule has 1 rings (SSSR count). The normalized spacial score (nSPS) is 11.9. The maximum absolute atomic E-state index is 12.4. The number of halogens is 1. The van der Waals surface area contributed by atoms with E-state index in [1.807, 2.05) is 0 Å². The lowest BCUT2D eigenvalue weighted by atomic mass is 10.1. The van der Waals surface area contributed by atoms with Gasteiger partial charge in [0, 0.05) is 12.6 Å². The molecular formula is C10H13FN2O3. The van der Waals surface area contributed by atoms with Crippen molar-refractivity contribution in [3.05, 3.63) is 37.7 Å². The Morgan fingerprint density at radius 3 is 2.69 bits per heavy atom. The summed E-state index contributed by atoms with van der Waals surface area (Å²) in [7, 11) is 1.46. The first-order valence-corrected chi connectivity index (χ1v) is 4.67. The number of rotatable bonds is 3. The van der Waals surface area contributed by atoms with Gasteiger partial charge in [-0.2, -0.15) is 0 Å². The Hall–Kier alpha value is -1.69. The van der Waals surface area contributed by atoms with Crippen LogP contribution in [0.1, 0.15) is 11.3 Å². The predicted octanol–water partition coefficient (Wildman–Crippen LogP) is -0.273. The first-order chi connectivity index (χ1) is 7.51. The van der Waals surface area contributed by atoms with Gasteiger partial charge in [0.25, 0.3) is 5.56 Å². The SMILES string of the molecule is Cc1c(C=C(CO)CF)n(C)c(=O)[nH]c1=O. The van der Waals surface area contributed by atoms with Crippen LogP contribution in [0.5, 0.6) is 0 Å². The van der Waals surface area contributed by atoms with Crippen molar-refractivity contribution >= 4 is 6.08 Å². The van der Waals surface area contributed by atoms with Gasteiger partial charge < -0.3 is 5.11 Å². The molecule has 0 radical (unpaired) electrons. The number of aliphatic hydroxyl groups is 1. The minimum atomic E-state index is -0.822. The monoisotopic (exact) mass is 228 g/mol. The van der Waals surface area contributed by atoms with Gasteiger partial charge >= 0.3 is 5.69 Å². The fraction of sp³-hybridized carbons (Fsp3) is 0.400. The van der Waals surface area contributed by atoms with Crippen molar-refractivity contribution in [2.45, 2.75) is 6.92 Å². The van der Waals surface area contributed by atoms with Crippen molar-refractivity contribution in [2.75, 3.05) is 13.3 Å². The van der Waals surface area contributed by atoms with E-state index in [2.05, 4.69) is 4.98 Å². The van der Waals surface area contributed by atoms with Gasteiger partial charge in [-0.05, 0) is 18.6 Å². The second-order valence-electron chi connectivity index (χ2n) is 3.42. The van der Waals surface area contributed by atoms with Crippen LogP contribution in [-0.2, 0) is 7.05 Å². The molecule has 0 atom stereocenters. The van der Waals surface area contributed by atoms with Gasteiger partial charge in [0.05, 0.1) is 12.3 Å². The Labute approximate surface area is 90.9 Å². The molecule has 1 aromatic rings. The number of aromatic amines is 1. The zero-order valence-corrected chi connectivity index (χ0v) is 9.08. The molecule has 1 aromatic heterocycles. The van der Waals surface area contributed by atoms with E-state index in [1.54, 1.807) is 0 Å². The summed E-state index contributed by atoms with van der Waals surface area (Å²) in [6, 6.07) is 0. The van der Waals surface area contributed by atoms with E-state index in [0.29, 0.717) is 11.3 Å². The molecule has 0 saturated carbocycles. The van der Waals surface area contributed by atoms with Gasteiger partial charge in [-0.3, -0.25) is 14.3 Å². The van der Waals surface area contributed by atoms with Crippen molar-refractivity contribution in [3.8, 4) is 0 Å². The maximum atomic E-state index is 12.4. The highest BCUT2D eigenvalue weighted by molar-refractivity contribution is 5.52. The molecule has 0 aliphatic rings. The van der Waals surface area contributed by atoms with Gasteiger partial charge in [-0.1, -0.05) is 0 Å². The Kier molecular flexibility index (Phi) is 3.78. The third kappa shape index (κ3) is 2.27. The summed E-state index contributed by atoms with van der Waals surface area (Å²) in [5.74, 6) is 0. The Balaban J connectivity index is 3.50. The van der Waals surface area contributed by atoms with Crippen LogP contribution in [-0.4, -0.2) is 27.9 Å². The molecule has 0 amide bonds. The summed E-state index contributed by atoms with van der Waals surface area (Å²) in [6.07, 6.45) is 1.31. The lowest BCUT2D eigenvalue weighted by molar-refractivity contribution is 0.319.